The molecule has 1 aromatic heterocycles. The molecule has 6 aromatic rings. The van der Waals surface area contributed by atoms with Gasteiger partial charge in [0.15, 0.2) is 0 Å². The molecule has 0 atom stereocenters. The van der Waals surface area contributed by atoms with Gasteiger partial charge in [0.25, 0.3) is 0 Å². The van der Waals surface area contributed by atoms with E-state index in [0.29, 0.717) is 17.9 Å². The number of nitrogens with zero attached hydrogens (tertiary/aromatic N) is 2. The first kappa shape index (κ1) is 29.1. The van der Waals surface area contributed by atoms with Gasteiger partial charge in [0.1, 0.15) is 29.7 Å². The second kappa shape index (κ2) is 12.7. The smallest absolute Gasteiger partial charge is 0.238 e. The third kappa shape index (κ3) is 6.24. The molecule has 0 aliphatic carbocycles. The quantitative estimate of drug-likeness (QED) is 0.120. The molecule has 4 nitrogen and oxygen atoms in total. The molecule has 0 saturated heterocycles. The second-order valence-corrected chi connectivity index (χ2v) is 12.7. The molecule has 0 unspecified atom stereocenters. The van der Waals surface area contributed by atoms with Crippen molar-refractivity contribution in [2.24, 2.45) is 4.99 Å². The minimum atomic E-state index is 0.287. The number of rotatable bonds is 7. The van der Waals surface area contributed by atoms with Crippen molar-refractivity contribution >= 4 is 68.1 Å². The predicted octanol–water partition coefficient (Wildman–Crippen LogP) is 10.8. The molecular weight excluding hydrogens is 758 g/mol. The first-order chi connectivity index (χ1) is 20.9. The third-order valence-corrected chi connectivity index (χ3v) is 8.86. The van der Waals surface area contributed by atoms with E-state index in [1.54, 1.807) is 6.21 Å². The number of hydrogen-bond donors (Lipinski definition) is 0. The highest BCUT2D eigenvalue weighted by Gasteiger charge is 2.23. The van der Waals surface area contributed by atoms with Gasteiger partial charge in [-0.25, -0.2) is 4.99 Å². The van der Waals surface area contributed by atoms with E-state index in [1.807, 2.05) is 80.6 Å². The Morgan fingerprint density at radius 1 is 0.814 bits per heavy atom. The molecule has 0 amide bonds. The number of benzene rings is 5. The van der Waals surface area contributed by atoms with E-state index in [1.165, 1.54) is 10.8 Å². The van der Waals surface area contributed by atoms with Crippen LogP contribution in [0, 0.1) is 32.3 Å². The van der Waals surface area contributed by atoms with E-state index in [4.69, 9.17) is 14.1 Å². The van der Waals surface area contributed by atoms with Crippen molar-refractivity contribution in [3.05, 3.63) is 138 Å². The van der Waals surface area contributed by atoms with Gasteiger partial charge < -0.3 is 9.15 Å². The van der Waals surface area contributed by atoms with E-state index in [2.05, 4.69) is 87.6 Å². The molecule has 0 aliphatic heterocycles. The van der Waals surface area contributed by atoms with Crippen molar-refractivity contribution < 1.29 is 9.15 Å². The van der Waals surface area contributed by atoms with Crippen molar-refractivity contribution in [3.63, 3.8) is 0 Å². The number of ether oxygens (including phenoxy) is 1. The van der Waals surface area contributed by atoms with E-state index in [-0.39, 0.29) is 5.88 Å². The average Bonchev–Trinajstić information content (AvgIpc) is 3.39. The first-order valence-electron chi connectivity index (χ1n) is 13.7. The Labute approximate surface area is 278 Å². The number of halogens is 2. The van der Waals surface area contributed by atoms with E-state index >= 15 is 0 Å². The van der Waals surface area contributed by atoms with Crippen LogP contribution < -0.4 is 4.74 Å². The lowest BCUT2D eigenvalue weighted by Crippen LogP contribution is -2.01. The monoisotopic (exact) mass is 784 g/mol. The fourth-order valence-corrected chi connectivity index (χ4v) is 7.14. The van der Waals surface area contributed by atoms with Gasteiger partial charge in [-0.15, -0.1) is 0 Å². The predicted molar refractivity (Wildman–Crippen MR) is 191 cm³/mol. The summed E-state index contributed by atoms with van der Waals surface area (Å²) in [5.41, 5.74) is 7.31. The van der Waals surface area contributed by atoms with Crippen LogP contribution in [-0.4, -0.2) is 6.21 Å². The molecular formula is C37H26I2N2O2. The van der Waals surface area contributed by atoms with Crippen LogP contribution in [0.3, 0.4) is 0 Å². The molecule has 0 aliphatic rings. The molecule has 43 heavy (non-hydrogen) atoms. The highest BCUT2D eigenvalue weighted by atomic mass is 127. The highest BCUT2D eigenvalue weighted by Crippen LogP contribution is 2.43. The normalized spacial score (nSPS) is 11.2. The van der Waals surface area contributed by atoms with Crippen molar-refractivity contribution in [1.29, 1.82) is 5.26 Å². The minimum absolute atomic E-state index is 0.287. The van der Waals surface area contributed by atoms with Crippen molar-refractivity contribution in [2.45, 2.75) is 20.5 Å². The summed E-state index contributed by atoms with van der Waals surface area (Å²) in [5, 5.41) is 12.7. The Hall–Kier alpha value is -3.94. The maximum absolute atomic E-state index is 10.3. The molecule has 0 saturated carbocycles. The molecule has 1 heterocycles. The van der Waals surface area contributed by atoms with Gasteiger partial charge >= 0.3 is 0 Å². The van der Waals surface area contributed by atoms with E-state index in [9.17, 15) is 5.26 Å². The molecule has 210 valence electrons. The fourth-order valence-electron chi connectivity index (χ4n) is 5.01. The molecule has 0 bridgehead atoms. The fraction of sp³-hybridized carbons (Fsp3) is 0.0811. The zero-order valence-corrected chi connectivity index (χ0v) is 27.9. The third-order valence-electron chi connectivity index (χ3n) is 7.26. The van der Waals surface area contributed by atoms with Crippen LogP contribution in [0.2, 0.25) is 0 Å². The maximum atomic E-state index is 10.3. The van der Waals surface area contributed by atoms with Crippen LogP contribution >= 0.6 is 45.2 Å². The maximum Gasteiger partial charge on any atom is 0.238 e. The Balaban J connectivity index is 1.32. The number of aliphatic imine (C=N–C) groups is 1. The second-order valence-electron chi connectivity index (χ2n) is 10.3. The highest BCUT2D eigenvalue weighted by molar-refractivity contribution is 14.1. The Kier molecular flexibility index (Phi) is 8.63. The lowest BCUT2D eigenvalue weighted by Gasteiger charge is -2.13. The number of hydrogen-bond acceptors (Lipinski definition) is 4. The summed E-state index contributed by atoms with van der Waals surface area (Å²) < 4.78 is 14.6. The van der Waals surface area contributed by atoms with E-state index in [0.717, 1.165) is 51.8 Å². The molecule has 0 spiro atoms. The first-order valence-corrected chi connectivity index (χ1v) is 15.9. The van der Waals surface area contributed by atoms with Gasteiger partial charge in [0, 0.05) is 17.3 Å². The van der Waals surface area contributed by atoms with Crippen LogP contribution in [-0.2, 0) is 6.61 Å². The van der Waals surface area contributed by atoms with Crippen LogP contribution in [0.4, 0.5) is 5.88 Å². The number of aryl methyl sites for hydroxylation is 2. The Bertz CT molecular complexity index is 1990. The van der Waals surface area contributed by atoms with Gasteiger partial charge in [-0.2, -0.15) is 5.26 Å². The van der Waals surface area contributed by atoms with Crippen LogP contribution in [0.1, 0.15) is 27.8 Å². The molecule has 0 fully saturated rings. The number of nitriles is 1. The minimum Gasteiger partial charge on any atom is -0.487 e. The van der Waals surface area contributed by atoms with Crippen molar-refractivity contribution in [3.8, 4) is 34.3 Å². The summed E-state index contributed by atoms with van der Waals surface area (Å²) in [5.74, 6) is 1.76. The summed E-state index contributed by atoms with van der Waals surface area (Å²) in [6.45, 7) is 4.57. The SMILES string of the molecule is Cc1ccc(-c2oc(N=Cc3cc(I)c(OCc4cccc5ccccc45)c(I)c3)c(C#N)c2-c2ccc(C)cc2)cc1. The standard InChI is InChI=1S/C37H26I2N2O2/c1-23-10-14-27(15-11-23)34-31(20-40)37(43-35(34)28-16-12-24(2)13-17-28)41-21-25-18-32(38)36(33(39)19-25)42-22-29-8-5-7-26-6-3-4-9-30(26)29/h3-19,21H,22H2,1-2H3. The Morgan fingerprint density at radius 2 is 1.44 bits per heavy atom. The lowest BCUT2D eigenvalue weighted by molar-refractivity contribution is 0.303. The summed E-state index contributed by atoms with van der Waals surface area (Å²) >= 11 is 4.61. The summed E-state index contributed by atoms with van der Waals surface area (Å²) in [6, 6.07) is 37.3. The van der Waals surface area contributed by atoms with E-state index < -0.39 is 0 Å². The van der Waals surface area contributed by atoms with Gasteiger partial charge in [-0.05, 0) is 98.6 Å². The van der Waals surface area contributed by atoms with Crippen LogP contribution in [0.15, 0.2) is 113 Å². The number of fused-ring (bicyclic) bond motifs is 1. The largest absolute Gasteiger partial charge is 0.487 e. The topological polar surface area (TPSA) is 58.5 Å². The molecule has 6 rings (SSSR count). The van der Waals surface area contributed by atoms with Crippen molar-refractivity contribution in [1.82, 2.24) is 0 Å². The molecule has 5 aromatic carbocycles. The summed E-state index contributed by atoms with van der Waals surface area (Å²) in [6.07, 6.45) is 1.75. The summed E-state index contributed by atoms with van der Waals surface area (Å²) in [4.78, 5) is 4.69. The molecule has 0 N–H and O–H groups in total. The zero-order valence-electron chi connectivity index (χ0n) is 23.6. The molecule has 0 radical (unpaired) electrons. The van der Waals surface area contributed by atoms with Gasteiger partial charge in [0.2, 0.25) is 5.88 Å². The van der Waals surface area contributed by atoms with Gasteiger partial charge in [-0.1, -0.05) is 102 Å². The van der Waals surface area contributed by atoms with Crippen LogP contribution in [0.25, 0.3) is 33.2 Å². The molecule has 6 heteroatoms. The average molecular weight is 784 g/mol. The van der Waals surface area contributed by atoms with Gasteiger partial charge in [-0.3, -0.25) is 0 Å². The zero-order chi connectivity index (χ0) is 29.9. The summed E-state index contributed by atoms with van der Waals surface area (Å²) in [7, 11) is 0. The van der Waals surface area contributed by atoms with Gasteiger partial charge in [0.05, 0.1) is 7.14 Å². The van der Waals surface area contributed by atoms with Crippen molar-refractivity contribution in [2.75, 3.05) is 0 Å². The Morgan fingerprint density at radius 3 is 2.12 bits per heavy atom. The lowest BCUT2D eigenvalue weighted by atomic mass is 9.97. The van der Waals surface area contributed by atoms with Crippen LogP contribution in [0.5, 0.6) is 5.75 Å². The number of furan rings is 1.